The van der Waals surface area contributed by atoms with E-state index in [4.69, 9.17) is 0 Å². The molecule has 0 bridgehead atoms. The zero-order chi connectivity index (χ0) is 13.8. The zero-order valence-electron chi connectivity index (χ0n) is 10.9. The first-order chi connectivity index (χ1) is 9.13. The first kappa shape index (κ1) is 14.1. The van der Waals surface area contributed by atoms with E-state index in [0.29, 0.717) is 12.0 Å². The second-order valence-electron chi connectivity index (χ2n) is 4.33. The van der Waals surface area contributed by atoms with E-state index in [2.05, 4.69) is 10.3 Å². The molecule has 0 amide bonds. The van der Waals surface area contributed by atoms with Crippen molar-refractivity contribution in [1.82, 2.24) is 10.3 Å². The van der Waals surface area contributed by atoms with Crippen molar-refractivity contribution in [2.75, 3.05) is 6.54 Å². The lowest BCUT2D eigenvalue weighted by atomic mass is 10.0. The summed E-state index contributed by atoms with van der Waals surface area (Å²) in [6, 6.07) is 4.27. The number of likely N-dealkylation sites (N-methyl/N-ethyl adjacent to an activating group) is 1. The Morgan fingerprint density at radius 2 is 2.16 bits per heavy atom. The Bertz CT molecular complexity index is 554. The van der Waals surface area contributed by atoms with Crippen LogP contribution in [0.1, 0.15) is 29.1 Å². The maximum Gasteiger partial charge on any atom is 0.162 e. The number of nitrogens with zero attached hydrogens (tertiary/aromatic N) is 1. The average Bonchev–Trinajstić information content (AvgIpc) is 2.80. The first-order valence-corrected chi connectivity index (χ1v) is 7.07. The van der Waals surface area contributed by atoms with Crippen molar-refractivity contribution < 1.29 is 8.78 Å². The van der Waals surface area contributed by atoms with E-state index in [9.17, 15) is 8.78 Å². The molecule has 0 saturated heterocycles. The minimum atomic E-state index is -0.797. The second kappa shape index (κ2) is 6.21. The van der Waals surface area contributed by atoms with Crippen molar-refractivity contribution in [3.8, 4) is 0 Å². The van der Waals surface area contributed by atoms with Crippen molar-refractivity contribution in [1.29, 1.82) is 0 Å². The summed E-state index contributed by atoms with van der Waals surface area (Å²) in [7, 11) is 0. The van der Waals surface area contributed by atoms with E-state index in [1.807, 2.05) is 13.8 Å². The Hall–Kier alpha value is -1.33. The zero-order valence-corrected chi connectivity index (χ0v) is 11.7. The van der Waals surface area contributed by atoms with Gasteiger partial charge in [0.1, 0.15) is 0 Å². The Morgan fingerprint density at radius 3 is 2.79 bits per heavy atom. The summed E-state index contributed by atoms with van der Waals surface area (Å²) in [5.74, 6) is -1.55. The molecule has 2 nitrogen and oxygen atoms in total. The number of halogens is 2. The molecule has 0 spiro atoms. The first-order valence-electron chi connectivity index (χ1n) is 6.19. The molecule has 1 atom stereocenters. The van der Waals surface area contributed by atoms with Crippen LogP contribution in [-0.2, 0) is 6.42 Å². The lowest BCUT2D eigenvalue weighted by molar-refractivity contribution is 0.482. The Kier molecular flexibility index (Phi) is 4.61. The Morgan fingerprint density at radius 1 is 1.37 bits per heavy atom. The summed E-state index contributed by atoms with van der Waals surface area (Å²) < 4.78 is 27.0. The van der Waals surface area contributed by atoms with E-state index in [1.54, 1.807) is 11.6 Å². The van der Waals surface area contributed by atoms with Crippen LogP contribution in [0.2, 0.25) is 0 Å². The molecular weight excluding hydrogens is 266 g/mol. The van der Waals surface area contributed by atoms with Crippen LogP contribution < -0.4 is 5.32 Å². The lowest BCUT2D eigenvalue weighted by Crippen LogP contribution is -2.23. The molecule has 1 N–H and O–H groups in total. The maximum atomic E-state index is 13.7. The summed E-state index contributed by atoms with van der Waals surface area (Å²) in [5, 5.41) is 3.30. The van der Waals surface area contributed by atoms with E-state index < -0.39 is 11.6 Å². The summed E-state index contributed by atoms with van der Waals surface area (Å²) >= 11 is 1.54. The molecule has 5 heteroatoms. The van der Waals surface area contributed by atoms with Gasteiger partial charge in [-0.2, -0.15) is 0 Å². The van der Waals surface area contributed by atoms with Crippen LogP contribution in [0, 0.1) is 18.6 Å². The minimum absolute atomic E-state index is 0.0335. The van der Waals surface area contributed by atoms with Crippen LogP contribution in [0.25, 0.3) is 0 Å². The molecular formula is C14H16F2N2S. The summed E-state index contributed by atoms with van der Waals surface area (Å²) in [6.45, 7) is 4.68. The molecule has 0 aliphatic heterocycles. The Balaban J connectivity index is 2.27. The van der Waals surface area contributed by atoms with E-state index in [1.165, 1.54) is 17.4 Å². The summed E-state index contributed by atoms with van der Waals surface area (Å²) in [6.07, 6.45) is 0.417. The fourth-order valence-electron chi connectivity index (χ4n) is 2.08. The predicted octanol–water partition coefficient (Wildman–Crippen LogP) is 3.62. The van der Waals surface area contributed by atoms with Crippen LogP contribution >= 0.6 is 11.3 Å². The Labute approximate surface area is 115 Å². The minimum Gasteiger partial charge on any atom is -0.309 e. The van der Waals surface area contributed by atoms with E-state index in [0.717, 1.165) is 23.2 Å². The van der Waals surface area contributed by atoms with Gasteiger partial charge in [0.15, 0.2) is 11.6 Å². The third-order valence-corrected chi connectivity index (χ3v) is 4.05. The van der Waals surface area contributed by atoms with Gasteiger partial charge in [0.05, 0.1) is 11.2 Å². The van der Waals surface area contributed by atoms with Gasteiger partial charge in [-0.3, -0.25) is 0 Å². The average molecular weight is 282 g/mol. The molecule has 102 valence electrons. The van der Waals surface area contributed by atoms with Gasteiger partial charge in [0, 0.05) is 10.9 Å². The highest BCUT2D eigenvalue weighted by Crippen LogP contribution is 2.26. The third kappa shape index (κ3) is 3.16. The number of thiazole rings is 1. The number of aryl methyl sites for hydroxylation is 1. The van der Waals surface area contributed by atoms with Gasteiger partial charge in [0.25, 0.3) is 0 Å². The van der Waals surface area contributed by atoms with Crippen LogP contribution in [0.5, 0.6) is 0 Å². The fourth-order valence-corrected chi connectivity index (χ4v) is 2.95. The third-order valence-electron chi connectivity index (χ3n) is 3.01. The number of rotatable bonds is 5. The molecule has 0 aliphatic carbocycles. The molecule has 1 heterocycles. The molecule has 2 aromatic rings. The monoisotopic (exact) mass is 282 g/mol. The normalized spacial score (nSPS) is 12.6. The fraction of sp³-hybridized carbons (Fsp3) is 0.357. The van der Waals surface area contributed by atoms with Gasteiger partial charge in [-0.25, -0.2) is 13.8 Å². The quantitative estimate of drug-likeness (QED) is 0.906. The van der Waals surface area contributed by atoms with Gasteiger partial charge in [-0.15, -0.1) is 11.3 Å². The van der Waals surface area contributed by atoms with Gasteiger partial charge in [-0.05, 0) is 31.5 Å². The highest BCUT2D eigenvalue weighted by molar-refractivity contribution is 7.09. The maximum absolute atomic E-state index is 13.7. The van der Waals surface area contributed by atoms with Crippen molar-refractivity contribution in [2.24, 2.45) is 0 Å². The van der Waals surface area contributed by atoms with Crippen molar-refractivity contribution >= 4 is 11.3 Å². The second-order valence-corrected chi connectivity index (χ2v) is 5.22. The van der Waals surface area contributed by atoms with Crippen molar-refractivity contribution in [3.63, 3.8) is 0 Å². The molecule has 0 radical (unpaired) electrons. The topological polar surface area (TPSA) is 24.9 Å². The van der Waals surface area contributed by atoms with Gasteiger partial charge < -0.3 is 5.32 Å². The van der Waals surface area contributed by atoms with Crippen LogP contribution in [0.3, 0.4) is 0 Å². The summed E-state index contributed by atoms with van der Waals surface area (Å²) in [5.41, 5.74) is 3.10. The SMILES string of the molecule is CCNC(Cc1cccc(F)c1F)c1scnc1C. The number of hydrogen-bond acceptors (Lipinski definition) is 3. The molecule has 0 aliphatic rings. The molecule has 1 unspecified atom stereocenters. The van der Waals surface area contributed by atoms with Crippen molar-refractivity contribution in [3.05, 3.63) is 51.5 Å². The molecule has 1 aromatic carbocycles. The number of aromatic nitrogens is 1. The molecule has 0 fully saturated rings. The van der Waals surface area contributed by atoms with Crippen LogP contribution in [0.4, 0.5) is 8.78 Å². The molecule has 1 aromatic heterocycles. The smallest absolute Gasteiger partial charge is 0.162 e. The molecule has 0 saturated carbocycles. The number of benzene rings is 1. The highest BCUT2D eigenvalue weighted by atomic mass is 32.1. The molecule has 2 rings (SSSR count). The van der Waals surface area contributed by atoms with E-state index in [-0.39, 0.29) is 6.04 Å². The van der Waals surface area contributed by atoms with Crippen molar-refractivity contribution in [2.45, 2.75) is 26.3 Å². The predicted molar refractivity (Wildman–Crippen MR) is 73.3 cm³/mol. The van der Waals surface area contributed by atoms with Crippen LogP contribution in [-0.4, -0.2) is 11.5 Å². The summed E-state index contributed by atoms with van der Waals surface area (Å²) in [4.78, 5) is 5.29. The van der Waals surface area contributed by atoms with Crippen LogP contribution in [0.15, 0.2) is 23.7 Å². The standard InChI is InChI=1S/C14H16F2N2S/c1-3-17-12(14-9(2)18-8-19-14)7-10-5-4-6-11(15)13(10)16/h4-6,8,12,17H,3,7H2,1-2H3. The highest BCUT2D eigenvalue weighted by Gasteiger charge is 2.18. The largest absolute Gasteiger partial charge is 0.309 e. The van der Waals surface area contributed by atoms with Gasteiger partial charge in [-0.1, -0.05) is 19.1 Å². The van der Waals surface area contributed by atoms with E-state index >= 15 is 0 Å². The van der Waals surface area contributed by atoms with Gasteiger partial charge in [0.2, 0.25) is 0 Å². The lowest BCUT2D eigenvalue weighted by Gasteiger charge is -2.17. The molecule has 19 heavy (non-hydrogen) atoms. The number of nitrogens with one attached hydrogen (secondary N) is 1. The number of hydrogen-bond donors (Lipinski definition) is 1. The van der Waals surface area contributed by atoms with Gasteiger partial charge >= 0.3 is 0 Å².